The van der Waals surface area contributed by atoms with E-state index in [4.69, 9.17) is 0 Å². The summed E-state index contributed by atoms with van der Waals surface area (Å²) >= 11 is 0. The molecule has 1 saturated heterocycles. The second-order valence-electron chi connectivity index (χ2n) is 7.65. The molecule has 2 aromatic rings. The molecule has 3 amide bonds. The Morgan fingerprint density at radius 1 is 0.967 bits per heavy atom. The van der Waals surface area contributed by atoms with Gasteiger partial charge in [-0.15, -0.1) is 0 Å². The molecule has 3 rings (SSSR count). The van der Waals surface area contributed by atoms with E-state index in [0.717, 1.165) is 49.5 Å². The molecule has 0 bridgehead atoms. The Bertz CT molecular complexity index is 891. The molecule has 7 nitrogen and oxygen atoms in total. The zero-order chi connectivity index (χ0) is 21.5. The predicted octanol–water partition coefficient (Wildman–Crippen LogP) is 3.21. The largest absolute Gasteiger partial charge is 0.369 e. The second kappa shape index (κ2) is 10.1. The summed E-state index contributed by atoms with van der Waals surface area (Å²) in [6.07, 6.45) is 0. The smallest absolute Gasteiger partial charge is 0.319 e. The van der Waals surface area contributed by atoms with Gasteiger partial charge in [0.05, 0.1) is 6.54 Å². The zero-order valence-corrected chi connectivity index (χ0v) is 18.0. The number of amides is 3. The zero-order valence-electron chi connectivity index (χ0n) is 18.0. The molecule has 3 N–H and O–H groups in total. The van der Waals surface area contributed by atoms with Gasteiger partial charge in [0, 0.05) is 43.2 Å². The Morgan fingerprint density at radius 3 is 2.40 bits per heavy atom. The Hall–Kier alpha value is -3.06. The highest BCUT2D eigenvalue weighted by atomic mass is 16.2. The summed E-state index contributed by atoms with van der Waals surface area (Å²) in [4.78, 5) is 29.1. The summed E-state index contributed by atoms with van der Waals surface area (Å²) < 4.78 is 0. The van der Waals surface area contributed by atoms with Crippen LogP contribution in [0.1, 0.15) is 18.1 Å². The first-order chi connectivity index (χ1) is 14.4. The third-order valence-corrected chi connectivity index (χ3v) is 5.35. The monoisotopic (exact) mass is 409 g/mol. The van der Waals surface area contributed by atoms with Crippen LogP contribution in [0.25, 0.3) is 0 Å². The van der Waals surface area contributed by atoms with Crippen LogP contribution in [0.2, 0.25) is 0 Å². The standard InChI is InChI=1S/C23H31N5O2/c1-4-27-10-12-28(13-11-27)20-8-9-21(18(3)15-20)26-22(29)16-24-23(30)25-19-7-5-6-17(2)14-19/h5-9,14-15H,4,10-13,16H2,1-3H3,(H,26,29)(H2,24,25,30). The molecule has 1 aliphatic rings. The molecule has 1 fully saturated rings. The fraction of sp³-hybridized carbons (Fsp3) is 0.391. The summed E-state index contributed by atoms with van der Waals surface area (Å²) in [6, 6.07) is 13.2. The highest BCUT2D eigenvalue weighted by molar-refractivity contribution is 5.97. The maximum absolute atomic E-state index is 12.3. The van der Waals surface area contributed by atoms with Crippen LogP contribution in [0.4, 0.5) is 21.9 Å². The Labute approximate surface area is 178 Å². The summed E-state index contributed by atoms with van der Waals surface area (Å²) in [5, 5.41) is 8.19. The Balaban J connectivity index is 1.48. The highest BCUT2D eigenvalue weighted by Gasteiger charge is 2.16. The minimum absolute atomic E-state index is 0.0994. The average Bonchev–Trinajstić information content (AvgIpc) is 2.74. The van der Waals surface area contributed by atoms with E-state index in [0.29, 0.717) is 5.69 Å². The minimum atomic E-state index is -0.408. The van der Waals surface area contributed by atoms with Crippen LogP contribution < -0.4 is 20.9 Å². The Kier molecular flexibility index (Phi) is 7.30. The second-order valence-corrected chi connectivity index (χ2v) is 7.65. The molecule has 30 heavy (non-hydrogen) atoms. The van der Waals surface area contributed by atoms with E-state index in [1.807, 2.05) is 44.2 Å². The lowest BCUT2D eigenvalue weighted by molar-refractivity contribution is -0.115. The maximum atomic E-state index is 12.3. The lowest BCUT2D eigenvalue weighted by Gasteiger charge is -2.35. The average molecular weight is 410 g/mol. The van der Waals surface area contributed by atoms with Crippen molar-refractivity contribution in [2.24, 2.45) is 0 Å². The molecular weight excluding hydrogens is 378 g/mol. The predicted molar refractivity (Wildman–Crippen MR) is 122 cm³/mol. The number of urea groups is 1. The number of likely N-dealkylation sites (N-methyl/N-ethyl adjacent to an activating group) is 1. The number of nitrogens with zero attached hydrogens (tertiary/aromatic N) is 2. The molecule has 0 unspecified atom stereocenters. The van der Waals surface area contributed by atoms with Crippen LogP contribution in [0.5, 0.6) is 0 Å². The minimum Gasteiger partial charge on any atom is -0.369 e. The first kappa shape index (κ1) is 21.6. The van der Waals surface area contributed by atoms with Crippen molar-refractivity contribution in [3.05, 3.63) is 53.6 Å². The number of rotatable bonds is 6. The Morgan fingerprint density at radius 2 is 1.73 bits per heavy atom. The van der Waals surface area contributed by atoms with Gasteiger partial charge < -0.3 is 25.8 Å². The van der Waals surface area contributed by atoms with Gasteiger partial charge in [-0.05, 0) is 61.9 Å². The SMILES string of the molecule is CCN1CCN(c2ccc(NC(=O)CNC(=O)Nc3cccc(C)c3)c(C)c2)CC1. The first-order valence-corrected chi connectivity index (χ1v) is 10.4. The lowest BCUT2D eigenvalue weighted by Crippen LogP contribution is -2.46. The van der Waals surface area contributed by atoms with E-state index in [9.17, 15) is 9.59 Å². The van der Waals surface area contributed by atoms with Gasteiger partial charge in [0.25, 0.3) is 0 Å². The molecular formula is C23H31N5O2. The van der Waals surface area contributed by atoms with E-state index in [1.54, 1.807) is 6.07 Å². The number of carbonyl (C=O) groups is 2. The van der Waals surface area contributed by atoms with Gasteiger partial charge in [-0.1, -0.05) is 19.1 Å². The van der Waals surface area contributed by atoms with Crippen LogP contribution in [0.3, 0.4) is 0 Å². The van der Waals surface area contributed by atoms with Gasteiger partial charge in [-0.25, -0.2) is 4.79 Å². The van der Waals surface area contributed by atoms with Crippen molar-refractivity contribution in [3.8, 4) is 0 Å². The molecule has 2 aromatic carbocycles. The lowest BCUT2D eigenvalue weighted by atomic mass is 10.1. The van der Waals surface area contributed by atoms with Crippen molar-refractivity contribution in [2.75, 3.05) is 54.8 Å². The highest BCUT2D eigenvalue weighted by Crippen LogP contribution is 2.23. The molecule has 160 valence electrons. The van der Waals surface area contributed by atoms with Gasteiger partial charge in [-0.2, -0.15) is 0 Å². The van der Waals surface area contributed by atoms with Crippen molar-refractivity contribution >= 4 is 29.0 Å². The summed E-state index contributed by atoms with van der Waals surface area (Å²) in [5.41, 5.74) is 4.69. The molecule has 0 spiro atoms. The number of anilines is 3. The van der Waals surface area contributed by atoms with Crippen LogP contribution >= 0.6 is 0 Å². The van der Waals surface area contributed by atoms with Crippen molar-refractivity contribution in [3.63, 3.8) is 0 Å². The number of piperazine rings is 1. The van der Waals surface area contributed by atoms with Gasteiger partial charge in [0.2, 0.25) is 5.91 Å². The molecule has 1 heterocycles. The summed E-state index contributed by atoms with van der Waals surface area (Å²) in [6.45, 7) is 11.3. The normalized spacial score (nSPS) is 14.3. The fourth-order valence-electron chi connectivity index (χ4n) is 3.56. The summed E-state index contributed by atoms with van der Waals surface area (Å²) in [7, 11) is 0. The number of carbonyl (C=O) groups excluding carboxylic acids is 2. The van der Waals surface area contributed by atoms with Crippen molar-refractivity contribution in [2.45, 2.75) is 20.8 Å². The molecule has 7 heteroatoms. The third-order valence-electron chi connectivity index (χ3n) is 5.35. The molecule has 0 saturated carbocycles. The first-order valence-electron chi connectivity index (χ1n) is 10.4. The van der Waals surface area contributed by atoms with Crippen LogP contribution in [0.15, 0.2) is 42.5 Å². The maximum Gasteiger partial charge on any atom is 0.319 e. The van der Waals surface area contributed by atoms with Crippen LogP contribution in [-0.2, 0) is 4.79 Å². The van der Waals surface area contributed by atoms with E-state index in [-0.39, 0.29) is 12.5 Å². The molecule has 0 aromatic heterocycles. The van der Waals surface area contributed by atoms with E-state index in [1.165, 1.54) is 5.69 Å². The molecule has 0 radical (unpaired) electrons. The number of aryl methyl sites for hydroxylation is 2. The molecule has 0 atom stereocenters. The topological polar surface area (TPSA) is 76.7 Å². The summed E-state index contributed by atoms with van der Waals surface area (Å²) in [5.74, 6) is -0.262. The fourth-order valence-corrected chi connectivity index (χ4v) is 3.56. The van der Waals surface area contributed by atoms with Gasteiger partial charge in [0.1, 0.15) is 0 Å². The number of nitrogens with one attached hydrogen (secondary N) is 3. The molecule has 0 aliphatic carbocycles. The van der Waals surface area contributed by atoms with Crippen molar-refractivity contribution < 1.29 is 9.59 Å². The number of benzene rings is 2. The van der Waals surface area contributed by atoms with E-state index < -0.39 is 6.03 Å². The molecule has 1 aliphatic heterocycles. The quantitative estimate of drug-likeness (QED) is 0.685. The van der Waals surface area contributed by atoms with Crippen molar-refractivity contribution in [1.29, 1.82) is 0 Å². The number of hydrogen-bond donors (Lipinski definition) is 3. The van der Waals surface area contributed by atoms with E-state index >= 15 is 0 Å². The third kappa shape index (κ3) is 5.97. The van der Waals surface area contributed by atoms with Crippen LogP contribution in [-0.4, -0.2) is 56.1 Å². The van der Waals surface area contributed by atoms with Crippen molar-refractivity contribution in [1.82, 2.24) is 10.2 Å². The van der Waals surface area contributed by atoms with Gasteiger partial charge in [0.15, 0.2) is 0 Å². The van der Waals surface area contributed by atoms with Gasteiger partial charge in [-0.3, -0.25) is 4.79 Å². The van der Waals surface area contributed by atoms with Gasteiger partial charge >= 0.3 is 6.03 Å². The number of hydrogen-bond acceptors (Lipinski definition) is 4. The van der Waals surface area contributed by atoms with Crippen LogP contribution in [0, 0.1) is 13.8 Å². The van der Waals surface area contributed by atoms with E-state index in [2.05, 4.69) is 38.7 Å².